The van der Waals surface area contributed by atoms with Gasteiger partial charge in [-0.15, -0.1) is 0 Å². The van der Waals surface area contributed by atoms with Crippen molar-refractivity contribution in [3.63, 3.8) is 0 Å². The van der Waals surface area contributed by atoms with Crippen LogP contribution in [0.2, 0.25) is 0 Å². The minimum absolute atomic E-state index is 0.113. The summed E-state index contributed by atoms with van der Waals surface area (Å²) in [5.41, 5.74) is -0.742. The van der Waals surface area contributed by atoms with Gasteiger partial charge in [0.1, 0.15) is 5.54 Å². The van der Waals surface area contributed by atoms with E-state index in [0.717, 1.165) is 23.1 Å². The maximum Gasteiger partial charge on any atom is 0.325 e. The molecule has 1 aliphatic heterocycles. The van der Waals surface area contributed by atoms with Gasteiger partial charge >= 0.3 is 6.03 Å². The lowest BCUT2D eigenvalue weighted by molar-refractivity contribution is -0.131. The summed E-state index contributed by atoms with van der Waals surface area (Å²) in [6.07, 6.45) is 0.303. The molecule has 3 amide bonds. The van der Waals surface area contributed by atoms with Crippen molar-refractivity contribution in [3.8, 4) is 0 Å². The summed E-state index contributed by atoms with van der Waals surface area (Å²) in [7, 11) is 0. The van der Waals surface area contributed by atoms with Gasteiger partial charge in [-0.2, -0.15) is 0 Å². The van der Waals surface area contributed by atoms with Gasteiger partial charge in [0.05, 0.1) is 6.54 Å². The average Bonchev–Trinajstić information content (AvgIpc) is 2.89. The summed E-state index contributed by atoms with van der Waals surface area (Å²) in [5.74, 6) is -3.45. The van der Waals surface area contributed by atoms with Crippen LogP contribution in [-0.2, 0) is 10.3 Å². The van der Waals surface area contributed by atoms with Crippen molar-refractivity contribution in [1.29, 1.82) is 0 Å². The third-order valence-electron chi connectivity index (χ3n) is 4.52. The Morgan fingerprint density at radius 2 is 1.77 bits per heavy atom. The van der Waals surface area contributed by atoms with E-state index in [2.05, 4.69) is 5.32 Å². The number of hydrogen-bond acceptors (Lipinski definition) is 3. The Morgan fingerprint density at radius 1 is 1.08 bits per heavy atom. The van der Waals surface area contributed by atoms with Gasteiger partial charge in [-0.1, -0.05) is 37.3 Å². The Kier molecular flexibility index (Phi) is 4.54. The molecule has 5 nitrogen and oxygen atoms in total. The molecule has 1 saturated heterocycles. The van der Waals surface area contributed by atoms with Crippen molar-refractivity contribution >= 4 is 17.7 Å². The molecule has 134 valence electrons. The molecule has 26 heavy (non-hydrogen) atoms. The van der Waals surface area contributed by atoms with Crippen LogP contribution in [0.3, 0.4) is 0 Å². The summed E-state index contributed by atoms with van der Waals surface area (Å²) < 4.78 is 26.3. The number of carbonyl (C=O) groups is 3. The van der Waals surface area contributed by atoms with E-state index in [9.17, 15) is 23.2 Å². The van der Waals surface area contributed by atoms with Crippen LogP contribution in [0.5, 0.6) is 0 Å². The number of rotatable bonds is 5. The van der Waals surface area contributed by atoms with Crippen LogP contribution < -0.4 is 5.32 Å². The van der Waals surface area contributed by atoms with E-state index in [-0.39, 0.29) is 5.56 Å². The number of benzene rings is 2. The molecule has 3 rings (SSSR count). The van der Waals surface area contributed by atoms with Gasteiger partial charge in [0.25, 0.3) is 5.91 Å². The smallest absolute Gasteiger partial charge is 0.319 e. The van der Waals surface area contributed by atoms with Crippen LogP contribution in [0.4, 0.5) is 13.6 Å². The Bertz CT molecular complexity index is 886. The topological polar surface area (TPSA) is 66.5 Å². The van der Waals surface area contributed by atoms with E-state index < -0.39 is 41.4 Å². The SMILES string of the molecule is CC[C@@]1(c2ccccc2)NC(=O)N(CC(=O)c2ccc(F)c(F)c2)C1=O. The lowest BCUT2D eigenvalue weighted by Gasteiger charge is -2.25. The van der Waals surface area contributed by atoms with Gasteiger partial charge in [-0.05, 0) is 30.2 Å². The molecule has 0 radical (unpaired) electrons. The number of ketones is 1. The summed E-state index contributed by atoms with van der Waals surface area (Å²) in [6, 6.07) is 10.7. The Labute approximate surface area is 148 Å². The van der Waals surface area contributed by atoms with E-state index in [0.29, 0.717) is 12.0 Å². The van der Waals surface area contributed by atoms with Gasteiger partial charge in [-0.3, -0.25) is 14.5 Å². The Hall–Kier alpha value is -3.09. The van der Waals surface area contributed by atoms with Gasteiger partial charge in [-0.25, -0.2) is 13.6 Å². The van der Waals surface area contributed by atoms with Crippen LogP contribution in [0.25, 0.3) is 0 Å². The fraction of sp³-hybridized carbons (Fsp3) is 0.211. The highest BCUT2D eigenvalue weighted by Gasteiger charge is 2.51. The predicted molar refractivity (Wildman–Crippen MR) is 89.3 cm³/mol. The number of amides is 3. The van der Waals surface area contributed by atoms with Gasteiger partial charge in [0, 0.05) is 5.56 Å². The van der Waals surface area contributed by atoms with Crippen molar-refractivity contribution in [2.75, 3.05) is 6.54 Å². The number of carbonyl (C=O) groups excluding carboxylic acids is 3. The van der Waals surface area contributed by atoms with Crippen LogP contribution in [0.15, 0.2) is 48.5 Å². The lowest BCUT2D eigenvalue weighted by Crippen LogP contribution is -2.43. The average molecular weight is 358 g/mol. The zero-order valence-corrected chi connectivity index (χ0v) is 14.0. The van der Waals surface area contributed by atoms with Crippen LogP contribution in [0, 0.1) is 11.6 Å². The molecule has 1 aliphatic rings. The summed E-state index contributed by atoms with van der Waals surface area (Å²) in [6.45, 7) is 1.20. The van der Waals surface area contributed by atoms with Crippen molar-refractivity contribution in [2.24, 2.45) is 0 Å². The quantitative estimate of drug-likeness (QED) is 0.660. The van der Waals surface area contributed by atoms with Crippen molar-refractivity contribution in [1.82, 2.24) is 10.2 Å². The number of imide groups is 1. The van der Waals surface area contributed by atoms with Gasteiger partial charge in [0.15, 0.2) is 17.4 Å². The molecule has 7 heteroatoms. The standard InChI is InChI=1S/C19H16F2N2O3/c1-2-19(13-6-4-3-5-7-13)17(25)23(18(26)22-19)11-16(24)12-8-9-14(20)15(21)10-12/h3-10H,2,11H2,1H3,(H,22,26)/t19-/m0/s1. The molecule has 1 fully saturated rings. The summed E-state index contributed by atoms with van der Waals surface area (Å²) in [4.78, 5) is 38.4. The highest BCUT2D eigenvalue weighted by Crippen LogP contribution is 2.32. The van der Waals surface area contributed by atoms with E-state index in [4.69, 9.17) is 0 Å². The number of nitrogens with zero attached hydrogens (tertiary/aromatic N) is 1. The first-order valence-electron chi connectivity index (χ1n) is 8.07. The molecule has 0 aromatic heterocycles. The first kappa shape index (κ1) is 17.7. The Balaban J connectivity index is 1.87. The van der Waals surface area contributed by atoms with E-state index in [1.54, 1.807) is 37.3 Å². The van der Waals surface area contributed by atoms with Crippen LogP contribution in [-0.4, -0.2) is 29.2 Å². The first-order chi connectivity index (χ1) is 12.4. The molecular formula is C19H16F2N2O3. The van der Waals surface area contributed by atoms with Crippen molar-refractivity contribution < 1.29 is 23.2 Å². The van der Waals surface area contributed by atoms with E-state index in [1.807, 2.05) is 0 Å². The monoisotopic (exact) mass is 358 g/mol. The van der Waals surface area contributed by atoms with Crippen LogP contribution in [0.1, 0.15) is 29.3 Å². The minimum atomic E-state index is -1.24. The molecule has 0 bridgehead atoms. The van der Waals surface area contributed by atoms with E-state index in [1.165, 1.54) is 0 Å². The second-order valence-corrected chi connectivity index (χ2v) is 6.00. The maximum absolute atomic E-state index is 13.3. The number of Topliss-reactive ketones (excluding diaryl/α,β-unsaturated/α-hetero) is 1. The van der Waals surface area contributed by atoms with Crippen molar-refractivity contribution in [2.45, 2.75) is 18.9 Å². The maximum atomic E-state index is 13.3. The second-order valence-electron chi connectivity index (χ2n) is 6.00. The second kappa shape index (κ2) is 6.67. The molecule has 0 unspecified atom stereocenters. The molecule has 0 spiro atoms. The fourth-order valence-corrected chi connectivity index (χ4v) is 3.04. The van der Waals surface area contributed by atoms with E-state index >= 15 is 0 Å². The minimum Gasteiger partial charge on any atom is -0.319 e. The largest absolute Gasteiger partial charge is 0.325 e. The first-order valence-corrected chi connectivity index (χ1v) is 8.07. The van der Waals surface area contributed by atoms with Gasteiger partial charge in [0.2, 0.25) is 0 Å². The Morgan fingerprint density at radius 3 is 2.38 bits per heavy atom. The lowest BCUT2D eigenvalue weighted by atomic mass is 9.87. The zero-order valence-electron chi connectivity index (χ0n) is 14.0. The number of nitrogens with one attached hydrogen (secondary N) is 1. The van der Waals surface area contributed by atoms with Crippen LogP contribution >= 0.6 is 0 Å². The highest BCUT2D eigenvalue weighted by molar-refractivity contribution is 6.11. The molecule has 1 N–H and O–H groups in total. The summed E-state index contributed by atoms with van der Waals surface area (Å²) in [5, 5.41) is 2.66. The molecule has 2 aromatic rings. The predicted octanol–water partition coefficient (Wildman–Crippen LogP) is 3.00. The number of hydrogen-bond donors (Lipinski definition) is 1. The molecule has 2 aromatic carbocycles. The fourth-order valence-electron chi connectivity index (χ4n) is 3.04. The molecular weight excluding hydrogens is 342 g/mol. The van der Waals surface area contributed by atoms with Crippen molar-refractivity contribution in [3.05, 3.63) is 71.3 Å². The molecule has 1 atom stereocenters. The zero-order chi connectivity index (χ0) is 18.9. The molecule has 0 saturated carbocycles. The third-order valence-corrected chi connectivity index (χ3v) is 4.52. The molecule has 1 heterocycles. The third kappa shape index (κ3) is 2.85. The number of urea groups is 1. The highest BCUT2D eigenvalue weighted by atomic mass is 19.2. The molecule has 0 aliphatic carbocycles. The van der Waals surface area contributed by atoms with Gasteiger partial charge < -0.3 is 5.32 Å². The number of halogens is 2. The summed E-state index contributed by atoms with van der Waals surface area (Å²) >= 11 is 0. The normalized spacial score (nSPS) is 19.6.